The molecule has 7 heteroatoms. The van der Waals surface area contributed by atoms with E-state index in [2.05, 4.69) is 12.6 Å². The third-order valence-corrected chi connectivity index (χ3v) is 1.77. The molecule has 0 saturated heterocycles. The molecule has 0 radical (unpaired) electrons. The predicted molar refractivity (Wildman–Crippen MR) is 44.7 cm³/mol. The van der Waals surface area contributed by atoms with E-state index in [0.717, 1.165) is 0 Å². The van der Waals surface area contributed by atoms with Gasteiger partial charge in [-0.15, -0.1) is 0 Å². The molecule has 6 nitrogen and oxygen atoms in total. The van der Waals surface area contributed by atoms with Gasteiger partial charge in [0, 0.05) is 0 Å². The molecule has 0 aromatic carbocycles. The lowest BCUT2D eigenvalue weighted by atomic mass is 9.94. The molecule has 0 aliphatic heterocycles. The summed E-state index contributed by atoms with van der Waals surface area (Å²) in [7, 11) is 0. The largest absolute Gasteiger partial charge is 0.479 e. The zero-order valence-corrected chi connectivity index (χ0v) is 7.44. The summed E-state index contributed by atoms with van der Waals surface area (Å²) in [6.07, 6.45) is -2.80. The van der Waals surface area contributed by atoms with Gasteiger partial charge in [-0.2, -0.15) is 12.6 Å². The van der Waals surface area contributed by atoms with Crippen LogP contribution in [0.3, 0.4) is 0 Å². The highest BCUT2D eigenvalue weighted by molar-refractivity contribution is 7.80. The molecule has 13 heavy (non-hydrogen) atoms. The van der Waals surface area contributed by atoms with Gasteiger partial charge in [-0.3, -0.25) is 0 Å². The fraction of sp³-hybridized carbons (Fsp3) is 0.667. The van der Waals surface area contributed by atoms with Crippen molar-refractivity contribution in [1.29, 1.82) is 0 Å². The fourth-order valence-corrected chi connectivity index (χ4v) is 1.08. The summed E-state index contributed by atoms with van der Waals surface area (Å²) in [6.45, 7) is 0. The van der Waals surface area contributed by atoms with Gasteiger partial charge in [0.2, 0.25) is 0 Å². The van der Waals surface area contributed by atoms with Crippen molar-refractivity contribution >= 4 is 24.6 Å². The van der Waals surface area contributed by atoms with Crippen molar-refractivity contribution in [2.75, 3.05) is 5.75 Å². The molecular formula is C6H10O6S. The van der Waals surface area contributed by atoms with E-state index in [1.165, 1.54) is 0 Å². The maximum absolute atomic E-state index is 10.4. The van der Waals surface area contributed by atoms with E-state index < -0.39 is 30.1 Å². The Balaban J connectivity index is 4.77. The number of carboxylic acids is 2. The highest BCUT2D eigenvalue weighted by Crippen LogP contribution is 2.17. The third kappa shape index (κ3) is 2.58. The number of carboxylic acid groups (broad SMARTS) is 2. The number of hydrogen-bond donors (Lipinski definition) is 5. The van der Waals surface area contributed by atoms with Crippen LogP contribution in [-0.2, 0) is 9.59 Å². The average Bonchev–Trinajstić information content (AvgIpc) is 2.02. The van der Waals surface area contributed by atoms with E-state index in [-0.39, 0.29) is 5.75 Å². The lowest BCUT2D eigenvalue weighted by Crippen LogP contribution is -2.53. The van der Waals surface area contributed by atoms with Gasteiger partial charge in [-0.25, -0.2) is 9.59 Å². The van der Waals surface area contributed by atoms with Gasteiger partial charge < -0.3 is 20.4 Å². The van der Waals surface area contributed by atoms with Crippen LogP contribution >= 0.6 is 12.6 Å². The predicted octanol–water partition coefficient (Wildman–Crippen LogP) is -1.43. The molecule has 0 heterocycles. The van der Waals surface area contributed by atoms with Crippen LogP contribution in [0.5, 0.6) is 0 Å². The standard InChI is InChI=1S/C6H10O6S/c7-3(4(8)9)6(12,1-2-13)5(10)11/h3,7,12-13H,1-2H2,(H,8,9)(H,10,11). The molecule has 0 spiro atoms. The molecule has 2 unspecified atom stereocenters. The van der Waals surface area contributed by atoms with Crippen LogP contribution in [0.1, 0.15) is 6.42 Å². The number of hydrogen-bond acceptors (Lipinski definition) is 5. The van der Waals surface area contributed by atoms with Gasteiger partial charge in [-0.1, -0.05) is 0 Å². The Kier molecular flexibility index (Phi) is 4.18. The first-order chi connectivity index (χ1) is 5.86. The monoisotopic (exact) mass is 210 g/mol. The molecule has 0 aromatic heterocycles. The zero-order valence-electron chi connectivity index (χ0n) is 6.54. The first-order valence-electron chi connectivity index (χ1n) is 3.33. The van der Waals surface area contributed by atoms with Gasteiger partial charge in [0.25, 0.3) is 0 Å². The first kappa shape index (κ1) is 12.2. The first-order valence-corrected chi connectivity index (χ1v) is 3.97. The summed E-state index contributed by atoms with van der Waals surface area (Å²) in [6, 6.07) is 0. The Morgan fingerprint density at radius 1 is 1.38 bits per heavy atom. The number of rotatable bonds is 5. The smallest absolute Gasteiger partial charge is 0.339 e. The van der Waals surface area contributed by atoms with E-state index >= 15 is 0 Å². The minimum Gasteiger partial charge on any atom is -0.479 e. The minimum absolute atomic E-state index is 0.0485. The molecule has 4 N–H and O–H groups in total. The van der Waals surface area contributed by atoms with Crippen LogP contribution in [0, 0.1) is 0 Å². The van der Waals surface area contributed by atoms with Gasteiger partial charge in [-0.05, 0) is 12.2 Å². The molecule has 0 aromatic rings. The Hall–Kier alpha value is -0.790. The van der Waals surface area contributed by atoms with Crippen LogP contribution in [0.2, 0.25) is 0 Å². The Morgan fingerprint density at radius 2 is 1.85 bits per heavy atom. The van der Waals surface area contributed by atoms with Crippen molar-refractivity contribution in [3.05, 3.63) is 0 Å². The van der Waals surface area contributed by atoms with Crippen LogP contribution < -0.4 is 0 Å². The SMILES string of the molecule is O=C(O)C(O)C(O)(CCS)C(=O)O. The summed E-state index contributed by atoms with van der Waals surface area (Å²) in [5, 5.41) is 34.9. The molecule has 0 rings (SSSR count). The van der Waals surface area contributed by atoms with E-state index in [0.29, 0.717) is 0 Å². The number of aliphatic hydroxyl groups is 2. The number of carbonyl (C=O) groups is 2. The van der Waals surface area contributed by atoms with Crippen LogP contribution in [0.4, 0.5) is 0 Å². The van der Waals surface area contributed by atoms with E-state index in [9.17, 15) is 14.7 Å². The second-order valence-electron chi connectivity index (χ2n) is 2.44. The lowest BCUT2D eigenvalue weighted by molar-refractivity contribution is -0.183. The fourth-order valence-electron chi connectivity index (χ4n) is 0.735. The highest BCUT2D eigenvalue weighted by Gasteiger charge is 2.46. The molecule has 0 aliphatic rings. The van der Waals surface area contributed by atoms with Crippen molar-refractivity contribution in [1.82, 2.24) is 0 Å². The molecule has 0 amide bonds. The van der Waals surface area contributed by atoms with Crippen molar-refractivity contribution in [2.45, 2.75) is 18.1 Å². The normalized spacial score (nSPS) is 17.5. The molecular weight excluding hydrogens is 200 g/mol. The molecule has 0 fully saturated rings. The Labute approximate surface area is 79.2 Å². The Morgan fingerprint density at radius 3 is 2.08 bits per heavy atom. The maximum atomic E-state index is 10.4. The number of thiol groups is 1. The topological polar surface area (TPSA) is 115 Å². The molecule has 0 saturated carbocycles. The second-order valence-corrected chi connectivity index (χ2v) is 2.89. The third-order valence-electron chi connectivity index (χ3n) is 1.55. The maximum Gasteiger partial charge on any atom is 0.339 e. The summed E-state index contributed by atoms with van der Waals surface area (Å²) in [5.41, 5.74) is -2.67. The van der Waals surface area contributed by atoms with E-state index in [1.807, 2.05) is 0 Å². The van der Waals surface area contributed by atoms with Gasteiger partial charge in [0.15, 0.2) is 11.7 Å². The van der Waals surface area contributed by atoms with E-state index in [1.54, 1.807) is 0 Å². The van der Waals surface area contributed by atoms with Crippen molar-refractivity contribution < 1.29 is 30.0 Å². The summed E-state index contributed by atoms with van der Waals surface area (Å²) in [4.78, 5) is 20.7. The highest BCUT2D eigenvalue weighted by atomic mass is 32.1. The Bertz CT molecular complexity index is 217. The van der Waals surface area contributed by atoms with Crippen LogP contribution in [0.25, 0.3) is 0 Å². The zero-order chi connectivity index (χ0) is 10.6. The van der Waals surface area contributed by atoms with Crippen LogP contribution in [-0.4, -0.2) is 49.8 Å². The van der Waals surface area contributed by atoms with Crippen molar-refractivity contribution in [3.63, 3.8) is 0 Å². The van der Waals surface area contributed by atoms with Gasteiger partial charge >= 0.3 is 11.9 Å². The average molecular weight is 210 g/mol. The number of aliphatic carboxylic acids is 2. The van der Waals surface area contributed by atoms with Gasteiger partial charge in [0.05, 0.1) is 0 Å². The van der Waals surface area contributed by atoms with Crippen molar-refractivity contribution in [2.24, 2.45) is 0 Å². The number of aliphatic hydroxyl groups excluding tert-OH is 1. The minimum atomic E-state index is -2.67. The summed E-state index contributed by atoms with van der Waals surface area (Å²) >= 11 is 3.64. The second kappa shape index (κ2) is 4.45. The van der Waals surface area contributed by atoms with Crippen molar-refractivity contribution in [3.8, 4) is 0 Å². The molecule has 76 valence electrons. The van der Waals surface area contributed by atoms with E-state index in [4.69, 9.17) is 15.3 Å². The summed E-state index contributed by atoms with van der Waals surface area (Å²) in [5.74, 6) is -3.62. The molecule has 2 atom stereocenters. The molecule has 0 aliphatic carbocycles. The molecule has 0 bridgehead atoms. The van der Waals surface area contributed by atoms with Crippen LogP contribution in [0.15, 0.2) is 0 Å². The quantitative estimate of drug-likeness (QED) is 0.355. The summed E-state index contributed by atoms with van der Waals surface area (Å²) < 4.78 is 0. The van der Waals surface area contributed by atoms with Gasteiger partial charge in [0.1, 0.15) is 0 Å². The lowest BCUT2D eigenvalue weighted by Gasteiger charge is -2.24.